The Labute approximate surface area is 232 Å². The van der Waals surface area contributed by atoms with Gasteiger partial charge in [-0.2, -0.15) is 9.97 Å². The molecule has 3 aromatic heterocycles. The van der Waals surface area contributed by atoms with Crippen LogP contribution in [0.15, 0.2) is 24.3 Å². The number of fused-ring (bicyclic) bond motifs is 2. The van der Waals surface area contributed by atoms with E-state index in [-0.39, 0.29) is 12.0 Å². The number of amides is 1. The van der Waals surface area contributed by atoms with E-state index >= 15 is 0 Å². The number of ether oxygens (including phenoxy) is 2. The molecule has 1 atom stereocenters. The van der Waals surface area contributed by atoms with Crippen molar-refractivity contribution < 1.29 is 19.4 Å². The lowest BCUT2D eigenvalue weighted by Crippen LogP contribution is -2.52. The zero-order chi connectivity index (χ0) is 28.2. The number of rotatable bonds is 5. The highest BCUT2D eigenvalue weighted by molar-refractivity contribution is 5.86. The second kappa shape index (κ2) is 10.0. The van der Waals surface area contributed by atoms with E-state index < -0.39 is 11.7 Å². The van der Waals surface area contributed by atoms with Crippen LogP contribution in [0, 0.1) is 5.92 Å². The Morgan fingerprint density at radius 2 is 1.85 bits per heavy atom. The molecule has 1 aromatic carbocycles. The molecule has 212 valence electrons. The second-order valence-electron chi connectivity index (χ2n) is 11.6. The maximum absolute atomic E-state index is 12.4. The summed E-state index contributed by atoms with van der Waals surface area (Å²) in [6.07, 6.45) is -0.385. The SMILES string of the molecule is C[C@@H](O)c1nc2ccccc2n1-c1nc(N2CCOCC2)c2nc(CC3CN(C(=O)OC(C)(C)C)C3)n(C)c2n1. The zero-order valence-electron chi connectivity index (χ0n) is 23.7. The zero-order valence-corrected chi connectivity index (χ0v) is 23.7. The Balaban J connectivity index is 1.38. The fourth-order valence-corrected chi connectivity index (χ4v) is 5.33. The van der Waals surface area contributed by atoms with Crippen molar-refractivity contribution >= 4 is 34.1 Å². The molecule has 12 nitrogen and oxygen atoms in total. The van der Waals surface area contributed by atoms with Gasteiger partial charge in [-0.15, -0.1) is 0 Å². The second-order valence-corrected chi connectivity index (χ2v) is 11.6. The van der Waals surface area contributed by atoms with Gasteiger partial charge in [-0.3, -0.25) is 4.57 Å². The van der Waals surface area contributed by atoms with E-state index in [1.165, 1.54) is 0 Å². The Bertz CT molecular complexity index is 1560. The van der Waals surface area contributed by atoms with Gasteiger partial charge in [0.15, 0.2) is 17.0 Å². The molecular formula is C28H36N8O4. The number of aromatic nitrogens is 6. The average molecular weight is 549 g/mol. The molecule has 2 fully saturated rings. The minimum Gasteiger partial charge on any atom is -0.444 e. The summed E-state index contributed by atoms with van der Waals surface area (Å²) in [4.78, 5) is 36.0. The number of morpholine rings is 1. The quantitative estimate of drug-likeness (QED) is 0.401. The third kappa shape index (κ3) is 4.86. The average Bonchev–Trinajstić information content (AvgIpc) is 3.43. The van der Waals surface area contributed by atoms with Crippen LogP contribution in [0.4, 0.5) is 10.6 Å². The van der Waals surface area contributed by atoms with Crippen LogP contribution in [0.1, 0.15) is 45.4 Å². The van der Waals surface area contributed by atoms with Gasteiger partial charge >= 0.3 is 6.09 Å². The molecule has 4 aromatic rings. The van der Waals surface area contributed by atoms with Crippen molar-refractivity contribution in [3.63, 3.8) is 0 Å². The fraction of sp³-hybridized carbons (Fsp3) is 0.536. The van der Waals surface area contributed by atoms with Gasteiger partial charge in [-0.25, -0.2) is 14.8 Å². The first kappa shape index (κ1) is 26.5. The molecule has 0 radical (unpaired) electrons. The van der Waals surface area contributed by atoms with Crippen LogP contribution in [0.2, 0.25) is 0 Å². The lowest BCUT2D eigenvalue weighted by Gasteiger charge is -2.39. The standard InChI is InChI=1S/C28H36N8O4/c1-17(37)23-29-19-8-6-7-9-20(19)36(23)26-31-24-22(25(32-26)34-10-12-39-13-11-34)30-21(33(24)5)14-18-15-35(16-18)27(38)40-28(2,3)4/h6-9,17-18,37H,10-16H2,1-5H3/t17-/m1/s1. The highest BCUT2D eigenvalue weighted by atomic mass is 16.6. The number of para-hydroxylation sites is 2. The van der Waals surface area contributed by atoms with Gasteiger partial charge in [0.05, 0.1) is 24.2 Å². The molecule has 1 amide bonds. The molecule has 40 heavy (non-hydrogen) atoms. The molecule has 1 N–H and O–H groups in total. The summed E-state index contributed by atoms with van der Waals surface area (Å²) in [5.74, 6) is 2.82. The number of carbonyl (C=O) groups is 1. The van der Waals surface area contributed by atoms with Crippen LogP contribution in [0.25, 0.3) is 28.1 Å². The summed E-state index contributed by atoms with van der Waals surface area (Å²) in [6.45, 7) is 11.2. The van der Waals surface area contributed by atoms with Gasteiger partial charge < -0.3 is 28.9 Å². The molecule has 5 heterocycles. The molecule has 2 aliphatic rings. The lowest BCUT2D eigenvalue weighted by atomic mass is 9.96. The Morgan fingerprint density at radius 1 is 1.12 bits per heavy atom. The van der Waals surface area contributed by atoms with Crippen LogP contribution >= 0.6 is 0 Å². The van der Waals surface area contributed by atoms with Gasteiger partial charge in [0, 0.05) is 45.6 Å². The van der Waals surface area contributed by atoms with Crippen LogP contribution in [-0.4, -0.2) is 90.2 Å². The van der Waals surface area contributed by atoms with Crippen LogP contribution < -0.4 is 4.90 Å². The van der Waals surface area contributed by atoms with Crippen molar-refractivity contribution in [1.82, 2.24) is 34.0 Å². The number of imidazole rings is 2. The van der Waals surface area contributed by atoms with E-state index in [0.29, 0.717) is 63.2 Å². The van der Waals surface area contributed by atoms with Crippen molar-refractivity contribution in [2.45, 2.75) is 45.8 Å². The van der Waals surface area contributed by atoms with E-state index in [1.807, 2.05) is 61.2 Å². The number of carbonyl (C=O) groups excluding carboxylic acids is 1. The van der Waals surface area contributed by atoms with Gasteiger partial charge in [0.2, 0.25) is 5.95 Å². The summed E-state index contributed by atoms with van der Waals surface area (Å²) in [5.41, 5.74) is 2.51. The Morgan fingerprint density at radius 3 is 2.55 bits per heavy atom. The number of likely N-dealkylation sites (tertiary alicyclic amines) is 1. The molecule has 6 rings (SSSR count). The summed E-state index contributed by atoms with van der Waals surface area (Å²) < 4.78 is 15.0. The predicted octanol–water partition coefficient (Wildman–Crippen LogP) is 3.00. The molecule has 0 bridgehead atoms. The van der Waals surface area contributed by atoms with Crippen LogP contribution in [0.5, 0.6) is 0 Å². The Kier molecular flexibility index (Phi) is 6.62. The van der Waals surface area contributed by atoms with Crippen molar-refractivity contribution in [2.75, 3.05) is 44.3 Å². The predicted molar refractivity (Wildman–Crippen MR) is 150 cm³/mol. The largest absolute Gasteiger partial charge is 0.444 e. The highest BCUT2D eigenvalue weighted by Crippen LogP contribution is 2.31. The number of nitrogens with zero attached hydrogens (tertiary/aromatic N) is 8. The molecule has 2 aliphatic heterocycles. The van der Waals surface area contributed by atoms with E-state index in [1.54, 1.807) is 11.8 Å². The minimum absolute atomic E-state index is 0.277. The normalized spacial score (nSPS) is 17.4. The van der Waals surface area contributed by atoms with Crippen LogP contribution in [-0.2, 0) is 22.9 Å². The van der Waals surface area contributed by atoms with Crippen molar-refractivity contribution in [1.29, 1.82) is 0 Å². The first-order chi connectivity index (χ1) is 19.1. The number of benzene rings is 1. The number of hydrogen-bond donors (Lipinski definition) is 1. The van der Waals surface area contributed by atoms with Crippen LogP contribution in [0.3, 0.4) is 0 Å². The van der Waals surface area contributed by atoms with Gasteiger partial charge in [0.1, 0.15) is 23.4 Å². The maximum atomic E-state index is 12.4. The van der Waals surface area contributed by atoms with E-state index in [0.717, 1.165) is 28.2 Å². The molecule has 12 heteroatoms. The van der Waals surface area contributed by atoms with Crippen molar-refractivity contribution in [3.05, 3.63) is 35.9 Å². The minimum atomic E-state index is -0.813. The third-order valence-electron chi connectivity index (χ3n) is 7.33. The van der Waals surface area contributed by atoms with E-state index in [2.05, 4.69) is 9.88 Å². The Hall–Kier alpha value is -3.77. The number of aliphatic hydroxyl groups excluding tert-OH is 1. The highest BCUT2D eigenvalue weighted by Gasteiger charge is 2.35. The fourth-order valence-electron chi connectivity index (χ4n) is 5.33. The van der Waals surface area contributed by atoms with Gasteiger partial charge in [-0.1, -0.05) is 12.1 Å². The number of aryl methyl sites for hydroxylation is 1. The van der Waals surface area contributed by atoms with Gasteiger partial charge in [0.25, 0.3) is 0 Å². The molecule has 0 saturated carbocycles. The van der Waals surface area contributed by atoms with Gasteiger partial charge in [-0.05, 0) is 39.8 Å². The smallest absolute Gasteiger partial charge is 0.410 e. The lowest BCUT2D eigenvalue weighted by molar-refractivity contribution is -0.00120. The number of aliphatic hydroxyl groups is 1. The first-order valence-corrected chi connectivity index (χ1v) is 13.8. The third-order valence-corrected chi connectivity index (χ3v) is 7.33. The maximum Gasteiger partial charge on any atom is 0.410 e. The van der Waals surface area contributed by atoms with E-state index in [4.69, 9.17) is 24.4 Å². The molecule has 0 unspecified atom stereocenters. The summed E-state index contributed by atoms with van der Waals surface area (Å²) in [6, 6.07) is 7.74. The molecule has 2 saturated heterocycles. The number of anilines is 1. The van der Waals surface area contributed by atoms with E-state index in [9.17, 15) is 9.90 Å². The number of hydrogen-bond acceptors (Lipinski definition) is 9. The van der Waals surface area contributed by atoms with Crippen molar-refractivity contribution in [3.8, 4) is 5.95 Å². The first-order valence-electron chi connectivity index (χ1n) is 13.8. The topological polar surface area (TPSA) is 124 Å². The summed E-state index contributed by atoms with van der Waals surface area (Å²) in [7, 11) is 1.97. The molecule has 0 aliphatic carbocycles. The summed E-state index contributed by atoms with van der Waals surface area (Å²) >= 11 is 0. The van der Waals surface area contributed by atoms with Crippen molar-refractivity contribution in [2.24, 2.45) is 13.0 Å². The summed E-state index contributed by atoms with van der Waals surface area (Å²) in [5, 5.41) is 10.6. The monoisotopic (exact) mass is 548 g/mol. The molecule has 0 spiro atoms. The molecular weight excluding hydrogens is 512 g/mol.